The van der Waals surface area contributed by atoms with Crippen LogP contribution in [0.5, 0.6) is 0 Å². The van der Waals surface area contributed by atoms with E-state index in [0.29, 0.717) is 30.4 Å². The van der Waals surface area contributed by atoms with Crippen LogP contribution in [0, 0.1) is 12.8 Å². The molecule has 0 radical (unpaired) electrons. The molecule has 1 aliphatic heterocycles. The molecule has 3 rings (SSSR count). The molecule has 8 heteroatoms. The second-order valence-electron chi connectivity index (χ2n) is 6.44. The molecule has 1 aliphatic rings. The molecule has 1 saturated heterocycles. The molecule has 0 unspecified atom stereocenters. The van der Waals surface area contributed by atoms with Crippen LogP contribution in [0.2, 0.25) is 0 Å². The standard InChI is InChI=1S/C18H20N2O6/c1-11-15(18(23)24)7-14(26-11)9-19(2)17(22)12-6-16(21)20(8-12)10-13-4-3-5-25-13/h3-5,7,12H,6,8-10H2,1-2H3,(H,23,24)/t12-/m1/s1. The molecule has 1 fully saturated rings. The maximum atomic E-state index is 12.6. The van der Waals surface area contributed by atoms with E-state index in [0.717, 1.165) is 0 Å². The Labute approximate surface area is 150 Å². The molecule has 1 atom stereocenters. The zero-order valence-corrected chi connectivity index (χ0v) is 14.6. The number of aromatic carboxylic acids is 1. The molecular formula is C18H20N2O6. The predicted octanol–water partition coefficient (Wildman–Crippen LogP) is 1.89. The first-order valence-electron chi connectivity index (χ1n) is 8.23. The van der Waals surface area contributed by atoms with Crippen molar-refractivity contribution in [3.63, 3.8) is 0 Å². The topological polar surface area (TPSA) is 104 Å². The first-order chi connectivity index (χ1) is 12.3. The quantitative estimate of drug-likeness (QED) is 0.843. The van der Waals surface area contributed by atoms with Gasteiger partial charge in [0, 0.05) is 20.0 Å². The SMILES string of the molecule is Cc1oc(CN(C)C(=O)[C@@H]2CC(=O)N(Cc3ccco3)C2)cc1C(=O)O. The van der Waals surface area contributed by atoms with Crippen LogP contribution in [-0.4, -0.2) is 46.3 Å². The fraction of sp³-hybridized carbons (Fsp3) is 0.389. The van der Waals surface area contributed by atoms with E-state index in [1.807, 2.05) is 0 Å². The molecule has 0 spiro atoms. The minimum atomic E-state index is -1.07. The summed E-state index contributed by atoms with van der Waals surface area (Å²) in [6, 6.07) is 4.96. The van der Waals surface area contributed by atoms with Gasteiger partial charge in [0.25, 0.3) is 0 Å². The van der Waals surface area contributed by atoms with Gasteiger partial charge in [-0.3, -0.25) is 9.59 Å². The van der Waals surface area contributed by atoms with Crippen LogP contribution in [0.25, 0.3) is 0 Å². The van der Waals surface area contributed by atoms with Gasteiger partial charge in [-0.05, 0) is 25.1 Å². The number of nitrogens with zero attached hydrogens (tertiary/aromatic N) is 2. The van der Waals surface area contributed by atoms with E-state index >= 15 is 0 Å². The summed E-state index contributed by atoms with van der Waals surface area (Å²) < 4.78 is 10.7. The van der Waals surface area contributed by atoms with Crippen LogP contribution in [-0.2, 0) is 22.7 Å². The van der Waals surface area contributed by atoms with Gasteiger partial charge in [0.05, 0.1) is 25.3 Å². The fourth-order valence-electron chi connectivity index (χ4n) is 3.14. The van der Waals surface area contributed by atoms with Gasteiger partial charge in [0.1, 0.15) is 22.8 Å². The van der Waals surface area contributed by atoms with E-state index < -0.39 is 11.9 Å². The van der Waals surface area contributed by atoms with Gasteiger partial charge in [-0.25, -0.2) is 4.79 Å². The molecule has 2 aromatic rings. The third-order valence-electron chi connectivity index (χ3n) is 4.46. The maximum absolute atomic E-state index is 12.6. The average Bonchev–Trinajstić information content (AvgIpc) is 3.29. The van der Waals surface area contributed by atoms with Gasteiger partial charge in [-0.2, -0.15) is 0 Å². The minimum absolute atomic E-state index is 0.0847. The average molecular weight is 360 g/mol. The van der Waals surface area contributed by atoms with Gasteiger partial charge >= 0.3 is 5.97 Å². The third-order valence-corrected chi connectivity index (χ3v) is 4.46. The lowest BCUT2D eigenvalue weighted by Gasteiger charge is -2.20. The Hall–Kier alpha value is -3.03. The minimum Gasteiger partial charge on any atom is -0.478 e. The highest BCUT2D eigenvalue weighted by Gasteiger charge is 2.36. The predicted molar refractivity (Wildman–Crippen MR) is 89.1 cm³/mol. The molecule has 2 aromatic heterocycles. The van der Waals surface area contributed by atoms with Gasteiger partial charge in [0.15, 0.2) is 0 Å². The Bertz CT molecular complexity index is 823. The van der Waals surface area contributed by atoms with Crippen molar-refractivity contribution in [1.82, 2.24) is 9.80 Å². The lowest BCUT2D eigenvalue weighted by atomic mass is 10.1. The summed E-state index contributed by atoms with van der Waals surface area (Å²) in [4.78, 5) is 38.9. The summed E-state index contributed by atoms with van der Waals surface area (Å²) in [5, 5.41) is 9.07. The van der Waals surface area contributed by atoms with Crippen molar-refractivity contribution in [2.24, 2.45) is 5.92 Å². The Kier molecular flexibility index (Phi) is 4.83. The summed E-state index contributed by atoms with van der Waals surface area (Å²) >= 11 is 0. The van der Waals surface area contributed by atoms with Crippen molar-refractivity contribution in [2.45, 2.75) is 26.4 Å². The normalized spacial score (nSPS) is 16.9. The third kappa shape index (κ3) is 3.63. The monoisotopic (exact) mass is 360 g/mol. The van der Waals surface area contributed by atoms with E-state index in [1.54, 1.807) is 37.3 Å². The van der Waals surface area contributed by atoms with Crippen molar-refractivity contribution in [2.75, 3.05) is 13.6 Å². The molecule has 0 aliphatic carbocycles. The highest BCUT2D eigenvalue weighted by molar-refractivity contribution is 5.90. The highest BCUT2D eigenvalue weighted by atomic mass is 16.4. The number of carboxylic acid groups (broad SMARTS) is 1. The van der Waals surface area contributed by atoms with Gasteiger partial charge in [-0.1, -0.05) is 0 Å². The van der Waals surface area contributed by atoms with Crippen LogP contribution in [0.3, 0.4) is 0 Å². The number of amides is 2. The van der Waals surface area contributed by atoms with Crippen LogP contribution in [0.4, 0.5) is 0 Å². The second-order valence-corrected chi connectivity index (χ2v) is 6.44. The molecule has 3 heterocycles. The van der Waals surface area contributed by atoms with Crippen LogP contribution in [0.15, 0.2) is 33.3 Å². The van der Waals surface area contributed by atoms with E-state index in [9.17, 15) is 14.4 Å². The Morgan fingerprint density at radius 3 is 2.77 bits per heavy atom. The van der Waals surface area contributed by atoms with Gasteiger partial charge in [-0.15, -0.1) is 0 Å². The van der Waals surface area contributed by atoms with Crippen LogP contribution >= 0.6 is 0 Å². The van der Waals surface area contributed by atoms with Gasteiger partial charge in [0.2, 0.25) is 11.8 Å². The molecular weight excluding hydrogens is 340 g/mol. The largest absolute Gasteiger partial charge is 0.478 e. The highest BCUT2D eigenvalue weighted by Crippen LogP contribution is 2.23. The van der Waals surface area contributed by atoms with Crippen molar-refractivity contribution in [3.8, 4) is 0 Å². The smallest absolute Gasteiger partial charge is 0.339 e. The molecule has 0 bridgehead atoms. The Morgan fingerprint density at radius 2 is 2.15 bits per heavy atom. The molecule has 0 aromatic carbocycles. The molecule has 8 nitrogen and oxygen atoms in total. The Balaban J connectivity index is 1.61. The fourth-order valence-corrected chi connectivity index (χ4v) is 3.14. The lowest BCUT2D eigenvalue weighted by Crippen LogP contribution is -2.34. The summed E-state index contributed by atoms with van der Waals surface area (Å²) in [7, 11) is 1.61. The van der Waals surface area contributed by atoms with Crippen LogP contribution in [0.1, 0.15) is 34.1 Å². The molecule has 26 heavy (non-hydrogen) atoms. The van der Waals surface area contributed by atoms with Crippen molar-refractivity contribution >= 4 is 17.8 Å². The van der Waals surface area contributed by atoms with Crippen molar-refractivity contribution in [1.29, 1.82) is 0 Å². The van der Waals surface area contributed by atoms with Crippen molar-refractivity contribution < 1.29 is 28.3 Å². The van der Waals surface area contributed by atoms with E-state index in [1.165, 1.54) is 11.0 Å². The number of hydrogen-bond donors (Lipinski definition) is 1. The molecule has 138 valence electrons. The zero-order valence-electron chi connectivity index (χ0n) is 14.6. The molecule has 2 amide bonds. The Morgan fingerprint density at radius 1 is 1.38 bits per heavy atom. The first kappa shape index (κ1) is 17.8. The number of carbonyl (C=O) groups excluding carboxylic acids is 2. The summed E-state index contributed by atoms with van der Waals surface area (Å²) in [5.74, 6) is -0.395. The molecule has 0 saturated carbocycles. The lowest BCUT2D eigenvalue weighted by molar-refractivity contribution is -0.135. The summed E-state index contributed by atoms with van der Waals surface area (Å²) in [5.41, 5.74) is 0.0847. The zero-order chi connectivity index (χ0) is 18.8. The number of carboxylic acids is 1. The van der Waals surface area contributed by atoms with Crippen molar-refractivity contribution in [3.05, 3.63) is 47.3 Å². The van der Waals surface area contributed by atoms with E-state index in [2.05, 4.69) is 0 Å². The van der Waals surface area contributed by atoms with E-state index in [4.69, 9.17) is 13.9 Å². The van der Waals surface area contributed by atoms with Crippen LogP contribution < -0.4 is 0 Å². The number of hydrogen-bond acceptors (Lipinski definition) is 5. The number of aryl methyl sites for hydroxylation is 1. The summed E-state index contributed by atoms with van der Waals surface area (Å²) in [6.07, 6.45) is 1.70. The van der Waals surface area contributed by atoms with Gasteiger partial charge < -0.3 is 23.7 Å². The summed E-state index contributed by atoms with van der Waals surface area (Å²) in [6.45, 7) is 2.39. The maximum Gasteiger partial charge on any atom is 0.339 e. The molecule has 1 N–H and O–H groups in total. The number of furan rings is 2. The number of rotatable bonds is 6. The number of carbonyl (C=O) groups is 3. The second kappa shape index (κ2) is 7.07. The first-order valence-corrected chi connectivity index (χ1v) is 8.23. The van der Waals surface area contributed by atoms with E-state index in [-0.39, 0.29) is 30.3 Å². The number of likely N-dealkylation sites (tertiary alicyclic amines) is 1.